The van der Waals surface area contributed by atoms with Crippen molar-refractivity contribution in [1.82, 2.24) is 0 Å². The minimum absolute atomic E-state index is 0.0787. The lowest BCUT2D eigenvalue weighted by Crippen LogP contribution is -2.30. The Hall–Kier alpha value is -0.0800. The monoisotopic (exact) mass is 103 g/mol. The highest BCUT2D eigenvalue weighted by Crippen LogP contribution is 1.91. The van der Waals surface area contributed by atoms with E-state index < -0.39 is 0 Å². The molecule has 0 bridgehead atoms. The van der Waals surface area contributed by atoms with Crippen molar-refractivity contribution in [2.24, 2.45) is 5.73 Å². The quantitative estimate of drug-likeness (QED) is 0.521. The molecule has 0 aromatic rings. The smallest absolute Gasteiger partial charge is 0.0685 e. The van der Waals surface area contributed by atoms with E-state index in [-0.39, 0.29) is 12.1 Å². The molecule has 0 aromatic heterocycles. The Morgan fingerprint density at radius 3 is 2.14 bits per heavy atom. The van der Waals surface area contributed by atoms with E-state index in [1.54, 1.807) is 6.92 Å². The zero-order valence-corrected chi connectivity index (χ0v) is 4.89. The second-order valence-electron chi connectivity index (χ2n) is 1.83. The molecule has 0 spiro atoms. The maximum Gasteiger partial charge on any atom is 0.0685 e. The standard InChI is InChI=1S/C5H13NO/c1-3-5(7)4(2)6/h4-5,7H,3,6H2,1-2H3/t4-,5+/m0/s1. The van der Waals surface area contributed by atoms with Gasteiger partial charge in [-0.1, -0.05) is 6.92 Å². The summed E-state index contributed by atoms with van der Waals surface area (Å²) in [5.74, 6) is 0. The molecule has 0 radical (unpaired) electrons. The van der Waals surface area contributed by atoms with Crippen molar-refractivity contribution in [1.29, 1.82) is 0 Å². The summed E-state index contributed by atoms with van der Waals surface area (Å²) in [5.41, 5.74) is 5.30. The van der Waals surface area contributed by atoms with Crippen molar-refractivity contribution in [3.63, 3.8) is 0 Å². The average Bonchev–Trinajstić information content (AvgIpc) is 1.65. The van der Waals surface area contributed by atoms with Gasteiger partial charge in [-0.3, -0.25) is 0 Å². The Labute approximate surface area is 44.3 Å². The van der Waals surface area contributed by atoms with Gasteiger partial charge in [0.05, 0.1) is 6.10 Å². The minimum Gasteiger partial charge on any atom is -0.392 e. The molecular formula is C5H13NO. The predicted molar refractivity (Wildman–Crippen MR) is 29.9 cm³/mol. The lowest BCUT2D eigenvalue weighted by molar-refractivity contribution is 0.147. The molecule has 2 nitrogen and oxygen atoms in total. The van der Waals surface area contributed by atoms with Gasteiger partial charge >= 0.3 is 0 Å². The van der Waals surface area contributed by atoms with E-state index in [9.17, 15) is 0 Å². The number of aliphatic hydroxyl groups is 1. The van der Waals surface area contributed by atoms with Crippen LogP contribution in [0.25, 0.3) is 0 Å². The van der Waals surface area contributed by atoms with Crippen molar-refractivity contribution in [2.45, 2.75) is 32.4 Å². The first kappa shape index (κ1) is 6.92. The Morgan fingerprint density at radius 2 is 2.14 bits per heavy atom. The number of nitrogens with two attached hydrogens (primary N) is 1. The number of hydrogen-bond donors (Lipinski definition) is 2. The third-order valence-corrected chi connectivity index (χ3v) is 1.03. The van der Waals surface area contributed by atoms with Crippen LogP contribution < -0.4 is 5.73 Å². The Kier molecular flexibility index (Phi) is 2.96. The van der Waals surface area contributed by atoms with Crippen molar-refractivity contribution in [2.75, 3.05) is 0 Å². The van der Waals surface area contributed by atoms with Crippen molar-refractivity contribution in [3.05, 3.63) is 0 Å². The molecule has 3 N–H and O–H groups in total. The third-order valence-electron chi connectivity index (χ3n) is 1.03. The van der Waals surface area contributed by atoms with Crippen LogP contribution in [0.4, 0.5) is 0 Å². The van der Waals surface area contributed by atoms with E-state index in [2.05, 4.69) is 0 Å². The van der Waals surface area contributed by atoms with Crippen LogP contribution in [0.15, 0.2) is 0 Å². The summed E-state index contributed by atoms with van der Waals surface area (Å²) in [7, 11) is 0. The van der Waals surface area contributed by atoms with Gasteiger partial charge in [-0.05, 0) is 13.3 Å². The molecule has 2 heteroatoms. The summed E-state index contributed by atoms with van der Waals surface area (Å²) in [6.07, 6.45) is 0.428. The number of aliphatic hydroxyl groups excluding tert-OH is 1. The molecule has 7 heavy (non-hydrogen) atoms. The fourth-order valence-corrected chi connectivity index (χ4v) is 0.372. The molecule has 0 amide bonds. The van der Waals surface area contributed by atoms with Gasteiger partial charge in [0, 0.05) is 6.04 Å². The molecule has 0 aliphatic carbocycles. The van der Waals surface area contributed by atoms with Crippen LogP contribution in [-0.2, 0) is 0 Å². The molecule has 0 fully saturated rings. The predicted octanol–water partition coefficient (Wildman–Crippen LogP) is 0.104. The molecule has 0 aliphatic heterocycles. The molecule has 0 aromatic carbocycles. The topological polar surface area (TPSA) is 46.2 Å². The molecule has 0 unspecified atom stereocenters. The highest BCUT2D eigenvalue weighted by atomic mass is 16.3. The molecule has 2 atom stereocenters. The van der Waals surface area contributed by atoms with Gasteiger partial charge in [0.25, 0.3) is 0 Å². The van der Waals surface area contributed by atoms with Gasteiger partial charge in [0.2, 0.25) is 0 Å². The van der Waals surface area contributed by atoms with Crippen molar-refractivity contribution < 1.29 is 5.11 Å². The van der Waals surface area contributed by atoms with Crippen LogP contribution in [0.1, 0.15) is 20.3 Å². The van der Waals surface area contributed by atoms with E-state index >= 15 is 0 Å². The Bertz CT molecular complexity index is 45.3. The lowest BCUT2D eigenvalue weighted by Gasteiger charge is -2.09. The summed E-state index contributed by atoms with van der Waals surface area (Å²) < 4.78 is 0. The Morgan fingerprint density at radius 1 is 1.71 bits per heavy atom. The zero-order valence-electron chi connectivity index (χ0n) is 4.89. The van der Waals surface area contributed by atoms with Crippen LogP contribution in [0.5, 0.6) is 0 Å². The second kappa shape index (κ2) is 2.99. The SMILES string of the molecule is CC[C@@H](O)[C@H](C)N. The van der Waals surface area contributed by atoms with Crippen molar-refractivity contribution >= 4 is 0 Å². The first-order chi connectivity index (χ1) is 3.18. The molecule has 0 rings (SSSR count). The van der Waals surface area contributed by atoms with Gasteiger partial charge in [0.15, 0.2) is 0 Å². The number of hydrogen-bond acceptors (Lipinski definition) is 2. The van der Waals surface area contributed by atoms with Gasteiger partial charge in [-0.2, -0.15) is 0 Å². The van der Waals surface area contributed by atoms with Crippen molar-refractivity contribution in [3.8, 4) is 0 Å². The summed E-state index contributed by atoms with van der Waals surface area (Å²) in [4.78, 5) is 0. The molecule has 0 aliphatic rings. The van der Waals surface area contributed by atoms with Gasteiger partial charge in [-0.25, -0.2) is 0 Å². The van der Waals surface area contributed by atoms with E-state index in [0.29, 0.717) is 0 Å². The largest absolute Gasteiger partial charge is 0.392 e. The summed E-state index contributed by atoms with van der Waals surface area (Å²) in [6, 6.07) is -0.0787. The van der Waals surface area contributed by atoms with E-state index in [4.69, 9.17) is 10.8 Å². The lowest BCUT2D eigenvalue weighted by atomic mass is 10.1. The fourth-order valence-electron chi connectivity index (χ4n) is 0.372. The minimum atomic E-state index is -0.319. The Balaban J connectivity index is 3.14. The van der Waals surface area contributed by atoms with Gasteiger partial charge in [0.1, 0.15) is 0 Å². The molecule has 0 saturated carbocycles. The maximum absolute atomic E-state index is 8.81. The summed E-state index contributed by atoms with van der Waals surface area (Å²) >= 11 is 0. The first-order valence-electron chi connectivity index (χ1n) is 2.62. The fraction of sp³-hybridized carbons (Fsp3) is 1.00. The molecule has 0 heterocycles. The molecule has 0 saturated heterocycles. The van der Waals surface area contributed by atoms with Crippen LogP contribution in [0, 0.1) is 0 Å². The van der Waals surface area contributed by atoms with Gasteiger partial charge in [-0.15, -0.1) is 0 Å². The normalized spacial score (nSPS) is 18.9. The highest BCUT2D eigenvalue weighted by molar-refractivity contribution is 4.62. The van der Waals surface area contributed by atoms with E-state index in [0.717, 1.165) is 6.42 Å². The third kappa shape index (κ3) is 2.60. The average molecular weight is 103 g/mol. The molecule has 44 valence electrons. The van der Waals surface area contributed by atoms with Crippen LogP contribution >= 0.6 is 0 Å². The first-order valence-corrected chi connectivity index (χ1v) is 2.62. The summed E-state index contributed by atoms with van der Waals surface area (Å²) in [6.45, 7) is 3.71. The number of rotatable bonds is 2. The van der Waals surface area contributed by atoms with Crippen LogP contribution in [0.3, 0.4) is 0 Å². The van der Waals surface area contributed by atoms with Crippen LogP contribution in [0.2, 0.25) is 0 Å². The van der Waals surface area contributed by atoms with Gasteiger partial charge < -0.3 is 10.8 Å². The maximum atomic E-state index is 8.81. The zero-order chi connectivity index (χ0) is 5.86. The van der Waals surface area contributed by atoms with E-state index in [1.165, 1.54) is 0 Å². The van der Waals surface area contributed by atoms with Crippen LogP contribution in [-0.4, -0.2) is 17.3 Å². The molecular weight excluding hydrogens is 90.1 g/mol. The summed E-state index contributed by atoms with van der Waals surface area (Å²) in [5, 5.41) is 8.81. The highest BCUT2D eigenvalue weighted by Gasteiger charge is 2.03. The second-order valence-corrected chi connectivity index (χ2v) is 1.83. The van der Waals surface area contributed by atoms with E-state index in [1.807, 2.05) is 6.92 Å².